The number of hydrogen-bond donors (Lipinski definition) is 1. The fourth-order valence-corrected chi connectivity index (χ4v) is 3.40. The van der Waals surface area contributed by atoms with Crippen molar-refractivity contribution in [1.82, 2.24) is 4.90 Å². The van der Waals surface area contributed by atoms with Gasteiger partial charge < -0.3 is 14.7 Å². The van der Waals surface area contributed by atoms with Crippen LogP contribution < -0.4 is 0 Å². The molecule has 0 bridgehead atoms. The molecule has 1 aliphatic carbocycles. The lowest BCUT2D eigenvalue weighted by Gasteiger charge is -2.27. The molecule has 5 heteroatoms. The van der Waals surface area contributed by atoms with Gasteiger partial charge in [-0.25, -0.2) is 4.79 Å². The fourth-order valence-electron chi connectivity index (χ4n) is 3.40. The lowest BCUT2D eigenvalue weighted by molar-refractivity contribution is -0.142. The Morgan fingerprint density at radius 3 is 2.04 bits per heavy atom. The molecule has 3 rings (SSSR count). The number of hydrogen-bond acceptors (Lipinski definition) is 3. The summed E-state index contributed by atoms with van der Waals surface area (Å²) in [5, 5.41) is 9.13. The summed E-state index contributed by atoms with van der Waals surface area (Å²) in [7, 11) is 1.57. The van der Waals surface area contributed by atoms with Gasteiger partial charge >= 0.3 is 12.1 Å². The Bertz CT molecular complexity index is 787. The number of nitrogens with zero attached hydrogens (tertiary/aromatic N) is 1. The standard InChI is InChI=1S/C21H23NO4/c1-13(20(23)24)14(2)22(3)21(25)26-12-19-17-10-6-4-8-15(17)16-9-5-7-11-18(16)19/h4-11,13-14,19H,12H2,1-3H3,(H,23,24)/t13-,14+/m1/s1. The minimum Gasteiger partial charge on any atom is -0.481 e. The van der Waals surface area contributed by atoms with Gasteiger partial charge in [-0.15, -0.1) is 0 Å². The normalized spacial score (nSPS) is 14.9. The van der Waals surface area contributed by atoms with Gasteiger partial charge in [0.05, 0.1) is 5.92 Å². The van der Waals surface area contributed by atoms with Crippen molar-refractivity contribution in [3.63, 3.8) is 0 Å². The molecule has 0 spiro atoms. The first kappa shape index (κ1) is 18.0. The molecule has 2 aromatic carbocycles. The second kappa shape index (κ2) is 7.20. The molecule has 1 aliphatic rings. The zero-order valence-electron chi connectivity index (χ0n) is 15.2. The summed E-state index contributed by atoms with van der Waals surface area (Å²) < 4.78 is 5.55. The Labute approximate surface area is 153 Å². The molecule has 0 radical (unpaired) electrons. The van der Waals surface area contributed by atoms with Gasteiger partial charge in [-0.3, -0.25) is 4.79 Å². The van der Waals surface area contributed by atoms with E-state index in [1.165, 1.54) is 16.0 Å². The van der Waals surface area contributed by atoms with Gasteiger partial charge in [-0.05, 0) is 36.1 Å². The van der Waals surface area contributed by atoms with Gasteiger partial charge in [0.15, 0.2) is 0 Å². The molecular weight excluding hydrogens is 330 g/mol. The topological polar surface area (TPSA) is 66.8 Å². The zero-order valence-corrected chi connectivity index (χ0v) is 15.2. The van der Waals surface area contributed by atoms with E-state index in [1.807, 2.05) is 24.3 Å². The Kier molecular flexibility index (Phi) is 4.98. The van der Waals surface area contributed by atoms with Gasteiger partial charge in [0.1, 0.15) is 6.61 Å². The van der Waals surface area contributed by atoms with Crippen molar-refractivity contribution in [2.24, 2.45) is 5.92 Å². The molecule has 2 atom stereocenters. The summed E-state index contributed by atoms with van der Waals surface area (Å²) in [5.41, 5.74) is 4.64. The summed E-state index contributed by atoms with van der Waals surface area (Å²) in [6.45, 7) is 3.52. The molecule has 26 heavy (non-hydrogen) atoms. The first-order chi connectivity index (χ1) is 12.4. The minimum absolute atomic E-state index is 0.00745. The highest BCUT2D eigenvalue weighted by molar-refractivity contribution is 5.79. The van der Waals surface area contributed by atoms with Crippen molar-refractivity contribution in [3.05, 3.63) is 59.7 Å². The van der Waals surface area contributed by atoms with Crippen LogP contribution in [0.4, 0.5) is 4.79 Å². The molecule has 1 amide bonds. The number of carbonyl (C=O) groups is 2. The van der Waals surface area contributed by atoms with E-state index in [2.05, 4.69) is 24.3 Å². The van der Waals surface area contributed by atoms with Gasteiger partial charge in [0.25, 0.3) is 0 Å². The Balaban J connectivity index is 1.74. The molecule has 0 saturated carbocycles. The van der Waals surface area contributed by atoms with E-state index >= 15 is 0 Å². The second-order valence-corrected chi connectivity index (χ2v) is 6.78. The lowest BCUT2D eigenvalue weighted by Crippen LogP contribution is -2.42. The molecule has 2 aromatic rings. The first-order valence-electron chi connectivity index (χ1n) is 8.72. The Hall–Kier alpha value is -2.82. The van der Waals surface area contributed by atoms with Crippen LogP contribution in [0.3, 0.4) is 0 Å². The molecular formula is C21H23NO4. The molecule has 0 aromatic heterocycles. The van der Waals surface area contributed by atoms with E-state index in [1.54, 1.807) is 20.9 Å². The Morgan fingerprint density at radius 1 is 1.04 bits per heavy atom. The second-order valence-electron chi connectivity index (χ2n) is 6.78. The minimum atomic E-state index is -0.934. The smallest absolute Gasteiger partial charge is 0.409 e. The molecule has 5 nitrogen and oxygen atoms in total. The molecule has 0 heterocycles. The van der Waals surface area contributed by atoms with Crippen LogP contribution in [0.1, 0.15) is 30.9 Å². The molecule has 0 unspecified atom stereocenters. The summed E-state index contributed by atoms with van der Waals surface area (Å²) in [4.78, 5) is 24.9. The van der Waals surface area contributed by atoms with E-state index in [-0.39, 0.29) is 12.5 Å². The largest absolute Gasteiger partial charge is 0.481 e. The van der Waals surface area contributed by atoms with Crippen LogP contribution in [-0.2, 0) is 9.53 Å². The Morgan fingerprint density at radius 2 is 1.54 bits per heavy atom. The van der Waals surface area contributed by atoms with E-state index < -0.39 is 24.0 Å². The number of carboxylic acid groups (broad SMARTS) is 1. The highest BCUT2D eigenvalue weighted by Gasteiger charge is 2.31. The zero-order chi connectivity index (χ0) is 18.8. The quantitative estimate of drug-likeness (QED) is 0.883. The average molecular weight is 353 g/mol. The predicted octanol–water partition coefficient (Wildman–Crippen LogP) is 3.98. The van der Waals surface area contributed by atoms with Crippen molar-refractivity contribution < 1.29 is 19.4 Å². The maximum absolute atomic E-state index is 12.4. The maximum Gasteiger partial charge on any atom is 0.409 e. The third kappa shape index (κ3) is 3.17. The van der Waals surface area contributed by atoms with E-state index in [4.69, 9.17) is 9.84 Å². The van der Waals surface area contributed by atoms with Crippen LogP contribution in [0.5, 0.6) is 0 Å². The highest BCUT2D eigenvalue weighted by atomic mass is 16.6. The molecule has 0 saturated heterocycles. The number of carboxylic acids is 1. The molecule has 0 aliphatic heterocycles. The first-order valence-corrected chi connectivity index (χ1v) is 8.72. The highest BCUT2D eigenvalue weighted by Crippen LogP contribution is 2.44. The van der Waals surface area contributed by atoms with Crippen molar-refractivity contribution in [2.75, 3.05) is 13.7 Å². The number of carbonyl (C=O) groups excluding carboxylic acids is 1. The fraction of sp³-hybridized carbons (Fsp3) is 0.333. The maximum atomic E-state index is 12.4. The molecule has 136 valence electrons. The van der Waals surface area contributed by atoms with Gasteiger partial charge in [0, 0.05) is 19.0 Å². The van der Waals surface area contributed by atoms with Crippen LogP contribution >= 0.6 is 0 Å². The number of ether oxygens (including phenoxy) is 1. The summed E-state index contributed by atoms with van der Waals surface area (Å²) in [6, 6.07) is 15.8. The third-order valence-electron chi connectivity index (χ3n) is 5.35. The molecule has 1 N–H and O–H groups in total. The van der Waals surface area contributed by atoms with E-state index in [0.29, 0.717) is 0 Å². The number of amides is 1. The van der Waals surface area contributed by atoms with Crippen molar-refractivity contribution in [2.45, 2.75) is 25.8 Å². The van der Waals surface area contributed by atoms with Crippen molar-refractivity contribution in [1.29, 1.82) is 0 Å². The van der Waals surface area contributed by atoms with Crippen LogP contribution in [0.2, 0.25) is 0 Å². The third-order valence-corrected chi connectivity index (χ3v) is 5.35. The summed E-state index contributed by atoms with van der Waals surface area (Å²) >= 11 is 0. The van der Waals surface area contributed by atoms with Gasteiger partial charge in [-0.2, -0.15) is 0 Å². The van der Waals surface area contributed by atoms with E-state index in [9.17, 15) is 9.59 Å². The summed E-state index contributed by atoms with van der Waals surface area (Å²) in [5.74, 6) is -1.61. The van der Waals surface area contributed by atoms with Gasteiger partial charge in [-0.1, -0.05) is 48.5 Å². The van der Waals surface area contributed by atoms with Crippen LogP contribution in [0.25, 0.3) is 11.1 Å². The average Bonchev–Trinajstić information content (AvgIpc) is 2.98. The summed E-state index contributed by atoms with van der Waals surface area (Å²) in [6.07, 6.45) is -0.507. The van der Waals surface area contributed by atoms with Crippen molar-refractivity contribution in [3.8, 4) is 11.1 Å². The molecule has 0 fully saturated rings. The number of fused-ring (bicyclic) bond motifs is 3. The number of rotatable bonds is 5. The van der Waals surface area contributed by atoms with Crippen LogP contribution in [0.15, 0.2) is 48.5 Å². The van der Waals surface area contributed by atoms with Crippen molar-refractivity contribution >= 4 is 12.1 Å². The van der Waals surface area contributed by atoms with Crippen LogP contribution in [0, 0.1) is 5.92 Å². The lowest BCUT2D eigenvalue weighted by atomic mass is 9.98. The number of benzene rings is 2. The SMILES string of the molecule is C[C@@H](C(=O)O)[C@H](C)N(C)C(=O)OCC1c2ccccc2-c2ccccc21. The van der Waals surface area contributed by atoms with E-state index in [0.717, 1.165) is 11.1 Å². The number of aliphatic carboxylic acids is 1. The van der Waals surface area contributed by atoms with Crippen LogP contribution in [-0.4, -0.2) is 41.8 Å². The predicted molar refractivity (Wildman–Crippen MR) is 99.1 cm³/mol. The van der Waals surface area contributed by atoms with Gasteiger partial charge in [0.2, 0.25) is 0 Å². The monoisotopic (exact) mass is 353 g/mol.